The quantitative estimate of drug-likeness (QED) is 0.543. The molecule has 24 heavy (non-hydrogen) atoms. The van der Waals surface area contributed by atoms with Crippen LogP contribution in [0.15, 0.2) is 65.1 Å². The molecule has 0 saturated carbocycles. The van der Waals surface area contributed by atoms with Crippen LogP contribution in [-0.2, 0) is 6.42 Å². The van der Waals surface area contributed by atoms with Gasteiger partial charge >= 0.3 is 0 Å². The second-order valence-corrected chi connectivity index (χ2v) is 6.93. The summed E-state index contributed by atoms with van der Waals surface area (Å²) < 4.78 is 0. The molecule has 0 aliphatic heterocycles. The van der Waals surface area contributed by atoms with E-state index in [0.717, 1.165) is 12.1 Å². The van der Waals surface area contributed by atoms with Gasteiger partial charge in [-0.15, -0.1) is 11.3 Å². The minimum absolute atomic E-state index is 0.915. The van der Waals surface area contributed by atoms with Gasteiger partial charge in [0.25, 0.3) is 0 Å². The van der Waals surface area contributed by atoms with Crippen molar-refractivity contribution >= 4 is 33.4 Å². The predicted molar refractivity (Wildman–Crippen MR) is 104 cm³/mol. The number of aromatic nitrogens is 1. The third kappa shape index (κ3) is 2.76. The Balaban J connectivity index is 0.000000252. The molecule has 3 aromatic rings. The Labute approximate surface area is 146 Å². The van der Waals surface area contributed by atoms with Crippen LogP contribution >= 0.6 is 11.3 Å². The summed E-state index contributed by atoms with van der Waals surface area (Å²) >= 11 is 1.60. The molecule has 0 atom stereocenters. The fourth-order valence-electron chi connectivity index (χ4n) is 3.70. The number of aryl methyl sites for hydroxylation is 1. The van der Waals surface area contributed by atoms with E-state index in [9.17, 15) is 0 Å². The molecular formula is C21H20N2S. The van der Waals surface area contributed by atoms with Gasteiger partial charge in [0, 0.05) is 22.7 Å². The highest BCUT2D eigenvalue weighted by molar-refractivity contribution is 7.07. The van der Waals surface area contributed by atoms with Crippen LogP contribution in [0.3, 0.4) is 0 Å². The number of fused-ring (bicyclic) bond motifs is 4. The number of benzene rings is 2. The Hall–Kier alpha value is -2.39. The molecule has 0 saturated heterocycles. The number of nitrogens with zero attached hydrogens (tertiary/aromatic N) is 1. The Morgan fingerprint density at radius 3 is 2.79 bits per heavy atom. The van der Waals surface area contributed by atoms with Crippen LogP contribution in [0.25, 0.3) is 16.3 Å². The van der Waals surface area contributed by atoms with Crippen molar-refractivity contribution in [2.24, 2.45) is 0 Å². The van der Waals surface area contributed by atoms with Crippen molar-refractivity contribution in [3.05, 3.63) is 76.3 Å². The molecule has 3 heteroatoms. The van der Waals surface area contributed by atoms with Crippen LogP contribution in [0.5, 0.6) is 0 Å². The first-order chi connectivity index (χ1) is 11.8. The summed E-state index contributed by atoms with van der Waals surface area (Å²) in [4.78, 5) is 3.74. The van der Waals surface area contributed by atoms with Crippen LogP contribution < -0.4 is 5.73 Å². The molecule has 5 rings (SSSR count). The van der Waals surface area contributed by atoms with Gasteiger partial charge in [-0.25, -0.2) is 0 Å². The van der Waals surface area contributed by atoms with Crippen molar-refractivity contribution in [3.8, 4) is 0 Å². The van der Waals surface area contributed by atoms with Crippen molar-refractivity contribution in [3.63, 3.8) is 0 Å². The molecule has 0 radical (unpaired) electrons. The van der Waals surface area contributed by atoms with Gasteiger partial charge in [0.2, 0.25) is 0 Å². The van der Waals surface area contributed by atoms with Gasteiger partial charge in [0.1, 0.15) is 0 Å². The van der Waals surface area contributed by atoms with E-state index < -0.39 is 0 Å². The lowest BCUT2D eigenvalue weighted by molar-refractivity contribution is 0.831. The van der Waals surface area contributed by atoms with Gasteiger partial charge in [-0.3, -0.25) is 4.98 Å². The molecule has 1 heterocycles. The Bertz CT molecular complexity index is 903. The Morgan fingerprint density at radius 1 is 1.04 bits per heavy atom. The Morgan fingerprint density at radius 2 is 2.00 bits per heavy atom. The molecule has 2 aromatic carbocycles. The molecule has 1 aromatic heterocycles. The van der Waals surface area contributed by atoms with Crippen LogP contribution in [0, 0.1) is 0 Å². The van der Waals surface area contributed by atoms with Gasteiger partial charge < -0.3 is 5.73 Å². The van der Waals surface area contributed by atoms with Gasteiger partial charge in [-0.05, 0) is 53.8 Å². The van der Waals surface area contributed by atoms with E-state index in [2.05, 4.69) is 35.3 Å². The maximum atomic E-state index is 6.21. The summed E-state index contributed by atoms with van der Waals surface area (Å²) in [6.07, 6.45) is 11.1. The van der Waals surface area contributed by atoms with Gasteiger partial charge in [-0.1, -0.05) is 42.0 Å². The second kappa shape index (κ2) is 6.62. The standard InChI is InChI=1S/C18H17N.C3H3NS/c19-17-7-3-5-13-9-10-15-14-6-2-1-4-12(14)8-11-16(15)18(13)17;1-2-5-3-4-1/h2-3,5-7,9-10H,1,4,8,11,19H2;1-3H. The van der Waals surface area contributed by atoms with E-state index in [1.807, 2.05) is 17.5 Å². The van der Waals surface area contributed by atoms with E-state index >= 15 is 0 Å². The number of hydrogen-bond acceptors (Lipinski definition) is 3. The number of rotatable bonds is 0. The first kappa shape index (κ1) is 15.2. The van der Waals surface area contributed by atoms with Crippen LogP contribution in [0.1, 0.15) is 30.4 Å². The lowest BCUT2D eigenvalue weighted by Crippen LogP contribution is -2.07. The smallest absolute Gasteiger partial charge is 0.0791 e. The summed E-state index contributed by atoms with van der Waals surface area (Å²) in [6.45, 7) is 0. The van der Waals surface area contributed by atoms with E-state index in [-0.39, 0.29) is 0 Å². The molecule has 2 aliphatic rings. The first-order valence-corrected chi connectivity index (χ1v) is 9.30. The average Bonchev–Trinajstić information content (AvgIpc) is 3.21. The summed E-state index contributed by atoms with van der Waals surface area (Å²) in [5, 5.41) is 4.47. The summed E-state index contributed by atoms with van der Waals surface area (Å²) in [6, 6.07) is 10.7. The van der Waals surface area contributed by atoms with Gasteiger partial charge in [0.05, 0.1) is 5.51 Å². The minimum atomic E-state index is 0.915. The van der Waals surface area contributed by atoms with Gasteiger partial charge in [0.15, 0.2) is 0 Å². The SMILES string of the molecule is Nc1cccc2ccc3c(c12)CCC1=C3C=CCC1.c1cscn1. The minimum Gasteiger partial charge on any atom is -0.398 e. The van der Waals surface area contributed by atoms with E-state index in [1.165, 1.54) is 46.7 Å². The van der Waals surface area contributed by atoms with E-state index in [1.54, 1.807) is 28.6 Å². The molecule has 0 fully saturated rings. The molecule has 120 valence electrons. The highest BCUT2D eigenvalue weighted by atomic mass is 32.1. The molecular weight excluding hydrogens is 312 g/mol. The summed E-state index contributed by atoms with van der Waals surface area (Å²) in [7, 11) is 0. The monoisotopic (exact) mass is 332 g/mol. The molecule has 0 spiro atoms. The summed E-state index contributed by atoms with van der Waals surface area (Å²) in [5.74, 6) is 0. The molecule has 2 nitrogen and oxygen atoms in total. The summed E-state index contributed by atoms with van der Waals surface area (Å²) in [5.41, 5.74) is 14.9. The van der Waals surface area contributed by atoms with Crippen LogP contribution in [0.2, 0.25) is 0 Å². The zero-order chi connectivity index (χ0) is 16.4. The maximum absolute atomic E-state index is 6.21. The van der Waals surface area contributed by atoms with Crippen molar-refractivity contribution in [2.45, 2.75) is 25.7 Å². The fraction of sp³-hybridized carbons (Fsp3) is 0.190. The number of thiazole rings is 1. The number of hydrogen-bond donors (Lipinski definition) is 1. The predicted octanol–water partition coefficient (Wildman–Crippen LogP) is 5.61. The molecule has 0 amide bonds. The number of anilines is 1. The van der Waals surface area contributed by atoms with Crippen molar-refractivity contribution < 1.29 is 0 Å². The fourth-order valence-corrected chi connectivity index (χ4v) is 4.05. The first-order valence-electron chi connectivity index (χ1n) is 8.36. The molecule has 2 aliphatic carbocycles. The zero-order valence-electron chi connectivity index (χ0n) is 13.5. The third-order valence-corrected chi connectivity index (χ3v) is 5.30. The molecule has 0 unspecified atom stereocenters. The lowest BCUT2D eigenvalue weighted by atomic mass is 9.79. The normalized spacial score (nSPS) is 15.5. The number of allylic oxidation sites excluding steroid dienone is 4. The second-order valence-electron chi connectivity index (χ2n) is 6.17. The number of nitrogen functional groups attached to an aromatic ring is 1. The number of nitrogens with two attached hydrogens (primary N) is 1. The van der Waals surface area contributed by atoms with E-state index in [4.69, 9.17) is 5.73 Å². The van der Waals surface area contributed by atoms with Crippen molar-refractivity contribution in [2.75, 3.05) is 5.73 Å². The molecule has 2 N–H and O–H groups in total. The van der Waals surface area contributed by atoms with Crippen molar-refractivity contribution in [1.82, 2.24) is 4.98 Å². The lowest BCUT2D eigenvalue weighted by Gasteiger charge is -2.25. The topological polar surface area (TPSA) is 38.9 Å². The highest BCUT2D eigenvalue weighted by Gasteiger charge is 2.21. The van der Waals surface area contributed by atoms with E-state index in [0.29, 0.717) is 0 Å². The Kier molecular flexibility index (Phi) is 4.18. The molecule has 0 bridgehead atoms. The average molecular weight is 332 g/mol. The highest BCUT2D eigenvalue weighted by Crippen LogP contribution is 2.41. The zero-order valence-corrected chi connectivity index (χ0v) is 14.4. The largest absolute Gasteiger partial charge is 0.398 e. The van der Waals surface area contributed by atoms with Crippen molar-refractivity contribution in [1.29, 1.82) is 0 Å². The maximum Gasteiger partial charge on any atom is 0.0791 e. The van der Waals surface area contributed by atoms with Gasteiger partial charge in [-0.2, -0.15) is 0 Å². The third-order valence-electron chi connectivity index (χ3n) is 4.78. The van der Waals surface area contributed by atoms with Crippen LogP contribution in [0.4, 0.5) is 5.69 Å². The van der Waals surface area contributed by atoms with Crippen LogP contribution in [-0.4, -0.2) is 4.98 Å².